The number of halogens is 1. The number of benzene rings is 1. The van der Waals surface area contributed by atoms with E-state index in [0.29, 0.717) is 17.9 Å². The monoisotopic (exact) mass is 331 g/mol. The first-order valence-electron chi connectivity index (χ1n) is 9.21. The molecule has 1 aromatic rings. The predicted molar refractivity (Wildman–Crippen MR) is 93.5 cm³/mol. The number of nitrogens with zero attached hydrogens (tertiary/aromatic N) is 1. The van der Waals surface area contributed by atoms with Crippen LogP contribution in [0.1, 0.15) is 56.9 Å². The molecular weight excluding hydrogens is 306 g/mol. The Labute approximate surface area is 144 Å². The predicted octanol–water partition coefficient (Wildman–Crippen LogP) is 4.87. The van der Waals surface area contributed by atoms with Crippen LogP contribution in [-0.4, -0.2) is 23.4 Å². The summed E-state index contributed by atoms with van der Waals surface area (Å²) in [6.07, 6.45) is 7.32. The summed E-state index contributed by atoms with van der Waals surface area (Å²) in [6, 6.07) is 8.52. The van der Waals surface area contributed by atoms with Crippen LogP contribution >= 0.6 is 11.6 Å². The molecular formula is C20H26ClNO. The summed E-state index contributed by atoms with van der Waals surface area (Å²) in [6.45, 7) is 3.35. The van der Waals surface area contributed by atoms with Crippen molar-refractivity contribution in [2.45, 2.75) is 57.4 Å². The van der Waals surface area contributed by atoms with Gasteiger partial charge < -0.3 is 4.90 Å². The zero-order chi connectivity index (χ0) is 16.0. The lowest BCUT2D eigenvalue weighted by atomic mass is 9.72. The Bertz CT molecular complexity index is 601. The van der Waals surface area contributed by atoms with Gasteiger partial charge in [-0.2, -0.15) is 0 Å². The van der Waals surface area contributed by atoms with E-state index in [2.05, 4.69) is 17.9 Å². The van der Waals surface area contributed by atoms with E-state index in [1.165, 1.54) is 32.1 Å². The SMILES string of the molecule is CC1CCN(C(=O)C2CC2c2ccccc2Cl)C2CCCCC12. The van der Waals surface area contributed by atoms with Crippen LogP contribution in [0.3, 0.4) is 0 Å². The van der Waals surface area contributed by atoms with Crippen LogP contribution in [0.15, 0.2) is 24.3 Å². The minimum Gasteiger partial charge on any atom is -0.339 e. The summed E-state index contributed by atoms with van der Waals surface area (Å²) < 4.78 is 0. The molecule has 0 N–H and O–H groups in total. The number of hydrogen-bond donors (Lipinski definition) is 0. The van der Waals surface area contributed by atoms with Crippen molar-refractivity contribution in [3.8, 4) is 0 Å². The van der Waals surface area contributed by atoms with Crippen molar-refractivity contribution in [2.75, 3.05) is 6.54 Å². The van der Waals surface area contributed by atoms with Crippen molar-refractivity contribution in [3.63, 3.8) is 0 Å². The highest BCUT2D eigenvalue weighted by Gasteiger charge is 2.49. The van der Waals surface area contributed by atoms with Crippen molar-refractivity contribution in [2.24, 2.45) is 17.8 Å². The molecule has 0 bridgehead atoms. The summed E-state index contributed by atoms with van der Waals surface area (Å²) in [5.74, 6) is 2.43. The third kappa shape index (κ3) is 2.80. The van der Waals surface area contributed by atoms with Gasteiger partial charge in [-0.05, 0) is 55.1 Å². The molecule has 1 aromatic carbocycles. The molecule has 2 aliphatic carbocycles. The Morgan fingerprint density at radius 3 is 2.78 bits per heavy atom. The molecule has 124 valence electrons. The first kappa shape index (κ1) is 15.5. The minimum atomic E-state index is 0.172. The molecule has 1 amide bonds. The van der Waals surface area contributed by atoms with Crippen LogP contribution in [0.4, 0.5) is 0 Å². The lowest BCUT2D eigenvalue weighted by Crippen LogP contribution is -2.52. The normalized spacial score (nSPS) is 36.4. The molecule has 2 nitrogen and oxygen atoms in total. The summed E-state index contributed by atoms with van der Waals surface area (Å²) in [5, 5.41) is 0.815. The van der Waals surface area contributed by atoms with E-state index >= 15 is 0 Å². The van der Waals surface area contributed by atoms with E-state index in [9.17, 15) is 4.79 Å². The van der Waals surface area contributed by atoms with Crippen LogP contribution in [0.2, 0.25) is 5.02 Å². The maximum absolute atomic E-state index is 13.1. The molecule has 3 aliphatic rings. The molecule has 5 unspecified atom stereocenters. The lowest BCUT2D eigenvalue weighted by Gasteiger charge is -2.47. The van der Waals surface area contributed by atoms with Crippen molar-refractivity contribution in [3.05, 3.63) is 34.9 Å². The molecule has 3 heteroatoms. The number of fused-ring (bicyclic) bond motifs is 1. The molecule has 0 spiro atoms. The summed E-state index contributed by atoms with van der Waals surface area (Å²) in [4.78, 5) is 15.4. The van der Waals surface area contributed by atoms with Gasteiger partial charge in [0.15, 0.2) is 0 Å². The number of likely N-dealkylation sites (tertiary alicyclic amines) is 1. The zero-order valence-corrected chi connectivity index (χ0v) is 14.6. The van der Waals surface area contributed by atoms with Gasteiger partial charge in [0.2, 0.25) is 5.91 Å². The number of carbonyl (C=O) groups excluding carboxylic acids is 1. The van der Waals surface area contributed by atoms with Gasteiger partial charge >= 0.3 is 0 Å². The third-order valence-electron chi connectivity index (χ3n) is 6.43. The van der Waals surface area contributed by atoms with Gasteiger partial charge in [0.1, 0.15) is 0 Å². The number of amides is 1. The van der Waals surface area contributed by atoms with Gasteiger partial charge in [0, 0.05) is 23.5 Å². The van der Waals surface area contributed by atoms with Gasteiger partial charge in [-0.25, -0.2) is 0 Å². The Balaban J connectivity index is 1.48. The largest absolute Gasteiger partial charge is 0.339 e. The highest BCUT2D eigenvalue weighted by molar-refractivity contribution is 6.31. The third-order valence-corrected chi connectivity index (χ3v) is 6.78. The topological polar surface area (TPSA) is 20.3 Å². The van der Waals surface area contributed by atoms with Crippen molar-refractivity contribution in [1.82, 2.24) is 4.90 Å². The highest BCUT2D eigenvalue weighted by atomic mass is 35.5. The summed E-state index contributed by atoms with van der Waals surface area (Å²) in [7, 11) is 0. The van der Waals surface area contributed by atoms with Gasteiger partial charge in [-0.3, -0.25) is 4.79 Å². The molecule has 23 heavy (non-hydrogen) atoms. The van der Waals surface area contributed by atoms with Crippen molar-refractivity contribution in [1.29, 1.82) is 0 Å². The number of carbonyl (C=O) groups is 1. The van der Waals surface area contributed by atoms with E-state index in [0.717, 1.165) is 35.4 Å². The molecule has 1 heterocycles. The van der Waals surface area contributed by atoms with Gasteiger partial charge in [0.25, 0.3) is 0 Å². The van der Waals surface area contributed by atoms with E-state index in [-0.39, 0.29) is 5.92 Å². The minimum absolute atomic E-state index is 0.172. The number of hydrogen-bond acceptors (Lipinski definition) is 1. The molecule has 0 radical (unpaired) electrons. The number of piperidine rings is 1. The molecule has 5 atom stereocenters. The van der Waals surface area contributed by atoms with E-state index < -0.39 is 0 Å². The fourth-order valence-corrected chi connectivity index (χ4v) is 5.26. The van der Waals surface area contributed by atoms with E-state index in [1.807, 2.05) is 18.2 Å². The fraction of sp³-hybridized carbons (Fsp3) is 0.650. The molecule has 1 saturated heterocycles. The second kappa shape index (κ2) is 6.12. The van der Waals surface area contributed by atoms with Crippen molar-refractivity contribution >= 4 is 17.5 Å². The maximum atomic E-state index is 13.1. The molecule has 3 fully saturated rings. The van der Waals surface area contributed by atoms with Gasteiger partial charge in [-0.15, -0.1) is 0 Å². The molecule has 1 aliphatic heterocycles. The fourth-order valence-electron chi connectivity index (χ4n) is 4.99. The standard InChI is InChI=1S/C20H26ClNO/c1-13-10-11-22(19-9-5-3-6-14(13)19)20(23)17-12-16(17)15-7-2-4-8-18(15)21/h2,4,7-8,13-14,16-17,19H,3,5-6,9-12H2,1H3. The second-order valence-electron chi connectivity index (χ2n) is 7.78. The molecule has 2 saturated carbocycles. The molecule has 0 aromatic heterocycles. The van der Waals surface area contributed by atoms with Crippen molar-refractivity contribution < 1.29 is 4.79 Å². The Hall–Kier alpha value is -1.02. The Morgan fingerprint density at radius 2 is 1.96 bits per heavy atom. The van der Waals surface area contributed by atoms with E-state index in [1.54, 1.807) is 0 Å². The van der Waals surface area contributed by atoms with Crippen LogP contribution in [0.5, 0.6) is 0 Å². The first-order valence-corrected chi connectivity index (χ1v) is 9.59. The van der Waals surface area contributed by atoms with Crippen LogP contribution in [0.25, 0.3) is 0 Å². The van der Waals surface area contributed by atoms with Gasteiger partial charge in [-0.1, -0.05) is 49.6 Å². The first-order chi connectivity index (χ1) is 11.2. The average molecular weight is 332 g/mol. The number of rotatable bonds is 2. The maximum Gasteiger partial charge on any atom is 0.226 e. The highest BCUT2D eigenvalue weighted by Crippen LogP contribution is 2.51. The zero-order valence-electron chi connectivity index (χ0n) is 13.9. The van der Waals surface area contributed by atoms with Crippen LogP contribution in [0, 0.1) is 17.8 Å². The van der Waals surface area contributed by atoms with Gasteiger partial charge in [0.05, 0.1) is 0 Å². The van der Waals surface area contributed by atoms with Crippen LogP contribution < -0.4 is 0 Å². The smallest absolute Gasteiger partial charge is 0.226 e. The quantitative estimate of drug-likeness (QED) is 0.757. The Kier molecular flexibility index (Phi) is 4.13. The summed E-state index contributed by atoms with van der Waals surface area (Å²) >= 11 is 6.32. The second-order valence-corrected chi connectivity index (χ2v) is 8.19. The Morgan fingerprint density at radius 1 is 1.17 bits per heavy atom. The van der Waals surface area contributed by atoms with E-state index in [4.69, 9.17) is 11.6 Å². The molecule has 4 rings (SSSR count). The van der Waals surface area contributed by atoms with Crippen LogP contribution in [-0.2, 0) is 4.79 Å². The average Bonchev–Trinajstić information content (AvgIpc) is 3.36. The summed E-state index contributed by atoms with van der Waals surface area (Å²) in [5.41, 5.74) is 1.16. The lowest BCUT2D eigenvalue weighted by molar-refractivity contribution is -0.140.